The molecule has 0 radical (unpaired) electrons. The highest BCUT2D eigenvalue weighted by atomic mass is 16.5. The summed E-state index contributed by atoms with van der Waals surface area (Å²) in [5, 5.41) is 15.2. The Labute approximate surface area is 429 Å². The maximum absolute atomic E-state index is 12.4. The summed E-state index contributed by atoms with van der Waals surface area (Å²) < 4.78 is 17.2. The van der Waals surface area contributed by atoms with Gasteiger partial charge in [-0.05, 0) is 98.5 Å². The van der Waals surface area contributed by atoms with E-state index in [1.807, 2.05) is 30.3 Å². The first-order valence-electron chi connectivity index (χ1n) is 25.7. The molecule has 0 unspecified atom stereocenters. The number of nitrogens with one attached hydrogen (secondary N) is 2. The Balaban J connectivity index is -0.0000000723. The zero-order valence-corrected chi connectivity index (χ0v) is 41.9. The van der Waals surface area contributed by atoms with E-state index in [-0.39, 0.29) is 64.0 Å². The number of benzene rings is 1. The van der Waals surface area contributed by atoms with E-state index in [2.05, 4.69) is 95.6 Å². The Morgan fingerprint density at radius 1 is 0.701 bits per heavy atom. The lowest BCUT2D eigenvalue weighted by Crippen LogP contribution is -2.36. The number of rotatable bonds is 36. The lowest BCUT2D eigenvalue weighted by molar-refractivity contribution is -0.122. The van der Waals surface area contributed by atoms with Crippen LogP contribution in [0.4, 0.5) is 0 Å². The fourth-order valence-electron chi connectivity index (χ4n) is 7.22. The van der Waals surface area contributed by atoms with Crippen molar-refractivity contribution in [3.05, 3.63) is 35.9 Å². The number of unbranched alkanes of at least 4 members (excludes halogenated alkanes) is 16. The molecule has 4 atom stereocenters. The van der Waals surface area contributed by atoms with E-state index >= 15 is 0 Å². The minimum Gasteiger partial charge on any atom is -0.475 e. The van der Waals surface area contributed by atoms with Gasteiger partial charge in [0.25, 0.3) is 5.91 Å². The SMILES string of the molecule is CC#CC#CC#CC#CC#CC(=O)N[C@@H](CCCCCCC)CCOC[C@@H]1COC(c2ccccc2)=N1.CCCCCCCCCCCC(=O)N[C@@H](CCCCCCC)CCOC[C@@H](N)CO.[HH].[HH].[HH].[HH].[HH].[HH].[HH].[HH].[HH].[HH].[HH].[HH].[HH].[HH].[HH]. The molecule has 0 saturated heterocycles. The van der Waals surface area contributed by atoms with Crippen LogP contribution in [0.2, 0.25) is 0 Å². The molecule has 0 aromatic heterocycles. The van der Waals surface area contributed by atoms with Crippen LogP contribution < -0.4 is 16.4 Å². The summed E-state index contributed by atoms with van der Waals surface area (Å²) in [5.74, 6) is 26.1. The highest BCUT2D eigenvalue weighted by Crippen LogP contribution is 2.15. The molecule has 5 N–H and O–H groups in total. The van der Waals surface area contributed by atoms with Gasteiger partial charge in [0.2, 0.25) is 11.8 Å². The first kappa shape index (κ1) is 60.3. The van der Waals surface area contributed by atoms with Gasteiger partial charge >= 0.3 is 0 Å². The van der Waals surface area contributed by atoms with Crippen molar-refractivity contribution in [3.63, 3.8) is 0 Å². The molecule has 1 aromatic carbocycles. The third-order valence-corrected chi connectivity index (χ3v) is 11.1. The molecule has 10 nitrogen and oxygen atoms in total. The largest absolute Gasteiger partial charge is 0.475 e. The van der Waals surface area contributed by atoms with E-state index in [0.29, 0.717) is 51.8 Å². The monoisotopic (exact) mass is 953 g/mol. The summed E-state index contributed by atoms with van der Waals surface area (Å²) in [6, 6.07) is 9.70. The minimum absolute atomic E-state index is 0. The first-order chi connectivity index (χ1) is 32.9. The molecule has 0 fully saturated rings. The fraction of sp³-hybridized carbons (Fsp3) is 0.667. The summed E-state index contributed by atoms with van der Waals surface area (Å²) in [5.41, 5.74) is 6.65. The molecular weight excluding hydrogens is 837 g/mol. The second kappa shape index (κ2) is 45.1. The number of aliphatic hydroxyl groups excluding tert-OH is 1. The molecule has 0 spiro atoms. The van der Waals surface area contributed by atoms with E-state index in [0.717, 1.165) is 56.9 Å². The third-order valence-electron chi connectivity index (χ3n) is 11.1. The van der Waals surface area contributed by atoms with Crippen molar-refractivity contribution in [1.82, 2.24) is 10.6 Å². The predicted octanol–water partition coefficient (Wildman–Crippen LogP) is 13.3. The maximum Gasteiger partial charge on any atom is 0.297 e. The van der Waals surface area contributed by atoms with Crippen molar-refractivity contribution in [2.24, 2.45) is 10.7 Å². The van der Waals surface area contributed by atoms with E-state index in [4.69, 9.17) is 25.1 Å². The minimum atomic E-state index is -0.347. The van der Waals surface area contributed by atoms with Crippen LogP contribution in [-0.2, 0) is 23.8 Å². The highest BCUT2D eigenvalue weighted by Gasteiger charge is 2.20. The Kier molecular flexibility index (Phi) is 40.6. The van der Waals surface area contributed by atoms with E-state index < -0.39 is 0 Å². The van der Waals surface area contributed by atoms with Crippen LogP contribution in [0.1, 0.15) is 209 Å². The van der Waals surface area contributed by atoms with E-state index in [1.54, 1.807) is 6.92 Å². The van der Waals surface area contributed by atoms with Crippen LogP contribution in [0.15, 0.2) is 35.3 Å². The number of carbonyl (C=O) groups is 2. The molecule has 1 aliphatic rings. The highest BCUT2D eigenvalue weighted by molar-refractivity contribution is 5.95. The lowest BCUT2D eigenvalue weighted by Gasteiger charge is -2.19. The van der Waals surface area contributed by atoms with Crippen molar-refractivity contribution in [1.29, 1.82) is 0 Å². The quantitative estimate of drug-likeness (QED) is 0.0387. The number of carbonyl (C=O) groups excluding carboxylic acids is 2. The molecule has 67 heavy (non-hydrogen) atoms. The van der Waals surface area contributed by atoms with Crippen LogP contribution in [0, 0.1) is 59.2 Å². The summed E-state index contributed by atoms with van der Waals surface area (Å²) in [4.78, 5) is 29.3. The van der Waals surface area contributed by atoms with Crippen LogP contribution >= 0.6 is 0 Å². The number of nitrogens with two attached hydrogens (primary N) is 1. The zero-order chi connectivity index (χ0) is 48.7. The van der Waals surface area contributed by atoms with Gasteiger partial charge in [-0.15, -0.1) is 0 Å². The van der Waals surface area contributed by atoms with Gasteiger partial charge in [-0.2, -0.15) is 0 Å². The van der Waals surface area contributed by atoms with Crippen molar-refractivity contribution in [2.45, 2.75) is 206 Å². The van der Waals surface area contributed by atoms with Crippen molar-refractivity contribution < 1.29 is 50.3 Å². The van der Waals surface area contributed by atoms with E-state index in [9.17, 15) is 9.59 Å². The Bertz CT molecular complexity index is 1830. The molecule has 2 rings (SSSR count). The van der Waals surface area contributed by atoms with Gasteiger partial charge in [0, 0.05) is 64.6 Å². The van der Waals surface area contributed by atoms with Gasteiger partial charge in [0.1, 0.15) is 12.6 Å². The number of aliphatic hydroxyl groups is 1. The second-order valence-electron chi connectivity index (χ2n) is 17.2. The van der Waals surface area contributed by atoms with Crippen LogP contribution in [0.3, 0.4) is 0 Å². The maximum atomic E-state index is 12.4. The Hall–Kier alpha value is -4.73. The second-order valence-corrected chi connectivity index (χ2v) is 17.2. The topological polar surface area (TPSA) is 144 Å². The smallest absolute Gasteiger partial charge is 0.297 e. The molecule has 1 aromatic rings. The molecule has 0 aliphatic carbocycles. The van der Waals surface area contributed by atoms with E-state index in [1.165, 1.54) is 89.9 Å². The summed E-state index contributed by atoms with van der Waals surface area (Å²) >= 11 is 0. The van der Waals surface area contributed by atoms with Gasteiger partial charge in [-0.25, -0.2) is 4.99 Å². The number of aliphatic imine (C=N–C) groups is 1. The molecular formula is C57H116N4O6. The van der Waals surface area contributed by atoms with Gasteiger partial charge in [-0.1, -0.05) is 160 Å². The standard InChI is InChI=1S/C32H34N2O3.C25H52N2O3.15H2/c1-3-5-7-9-10-11-12-14-19-23-31(35)33-29(22-18-13-8-6-4-2)24-25-36-26-30-27-37-32(34-30)28-20-16-15-17-21-28;1-3-5-7-9-10-11-12-14-16-18-25(29)27-24(17-15-13-8-6-4-2)19-20-30-22-23(26)21-28;;;;;;;;;;;;;;;/h15-17,20-21,29-30H,4,6,8,13,18,22,24-27H2,1-2H3,(H,33,35);23-24,28H,3-22,26H2,1-2H3,(H,27,29);15*1H/t29-,30+;23-,24-;;;;;;;;;;;;;;;/m00.............../s1. The van der Waals surface area contributed by atoms with Crippen molar-refractivity contribution in [3.8, 4) is 59.2 Å². The Morgan fingerprint density at radius 2 is 1.21 bits per heavy atom. The number of amides is 2. The summed E-state index contributed by atoms with van der Waals surface area (Å²) in [7, 11) is 0. The Morgan fingerprint density at radius 3 is 1.78 bits per heavy atom. The fourth-order valence-corrected chi connectivity index (χ4v) is 7.22. The molecule has 10 heteroatoms. The number of hydrogen-bond acceptors (Lipinski definition) is 8. The van der Waals surface area contributed by atoms with Crippen molar-refractivity contribution in [2.75, 3.05) is 39.6 Å². The molecule has 2 amide bonds. The summed E-state index contributed by atoms with van der Waals surface area (Å²) in [6.07, 6.45) is 27.6. The van der Waals surface area contributed by atoms with Crippen molar-refractivity contribution >= 4 is 17.7 Å². The molecule has 0 saturated carbocycles. The predicted molar refractivity (Wildman–Crippen MR) is 307 cm³/mol. The number of hydrogen-bond donors (Lipinski definition) is 4. The van der Waals surface area contributed by atoms with Gasteiger partial charge in [0.15, 0.2) is 0 Å². The first-order valence-corrected chi connectivity index (χ1v) is 25.7. The third kappa shape index (κ3) is 37.0. The average molecular weight is 954 g/mol. The molecule has 1 heterocycles. The van der Waals surface area contributed by atoms with Crippen LogP contribution in [-0.4, -0.2) is 86.6 Å². The number of nitrogens with zero attached hydrogens (tertiary/aromatic N) is 1. The zero-order valence-electron chi connectivity index (χ0n) is 41.9. The average Bonchev–Trinajstić information content (AvgIpc) is 3.82. The molecule has 400 valence electrons. The normalized spacial score (nSPS) is 13.5. The van der Waals surface area contributed by atoms with Crippen LogP contribution in [0.25, 0.3) is 0 Å². The van der Waals surface area contributed by atoms with Gasteiger partial charge in [0.05, 0.1) is 25.9 Å². The number of ether oxygens (including phenoxy) is 3. The van der Waals surface area contributed by atoms with Gasteiger partial charge in [-0.3, -0.25) is 9.59 Å². The summed E-state index contributed by atoms with van der Waals surface area (Å²) in [6.45, 7) is 10.8. The lowest BCUT2D eigenvalue weighted by atomic mass is 10.0. The molecule has 1 aliphatic heterocycles. The van der Waals surface area contributed by atoms with Crippen LogP contribution in [0.5, 0.6) is 0 Å². The molecule has 0 bridgehead atoms. The van der Waals surface area contributed by atoms with Gasteiger partial charge < -0.3 is 35.7 Å².